The summed E-state index contributed by atoms with van der Waals surface area (Å²) in [6, 6.07) is 18.6. The second-order valence-electron chi connectivity index (χ2n) is 5.72. The van der Waals surface area contributed by atoms with Gasteiger partial charge in [-0.05, 0) is 30.0 Å². The van der Waals surface area contributed by atoms with E-state index in [1.807, 2.05) is 24.3 Å². The van der Waals surface area contributed by atoms with Crippen molar-refractivity contribution in [3.8, 4) is 5.75 Å². The molecule has 0 fully saturated rings. The Morgan fingerprint density at radius 3 is 2.62 bits per heavy atom. The third kappa shape index (κ3) is 4.30. The van der Waals surface area contributed by atoms with Crippen LogP contribution >= 0.6 is 0 Å². The molecule has 1 atom stereocenters. The first kappa shape index (κ1) is 16.4. The fourth-order valence-electron chi connectivity index (χ4n) is 2.83. The van der Waals surface area contributed by atoms with Crippen LogP contribution in [0.1, 0.15) is 17.5 Å². The highest BCUT2D eigenvalue weighted by atomic mass is 16.7. The van der Waals surface area contributed by atoms with Crippen LogP contribution in [0, 0.1) is 0 Å². The van der Waals surface area contributed by atoms with E-state index in [2.05, 4.69) is 35.6 Å². The molecule has 24 heavy (non-hydrogen) atoms. The van der Waals surface area contributed by atoms with Gasteiger partial charge in [-0.25, -0.2) is 0 Å². The number of aryl methyl sites for hydroxylation is 1. The molecule has 0 aromatic heterocycles. The zero-order chi connectivity index (χ0) is 16.6. The number of methoxy groups -OCH3 is 1. The van der Waals surface area contributed by atoms with Gasteiger partial charge in [0.2, 0.25) is 6.79 Å². The van der Waals surface area contributed by atoms with Gasteiger partial charge in [-0.3, -0.25) is 0 Å². The van der Waals surface area contributed by atoms with Crippen LogP contribution in [0.4, 0.5) is 0 Å². The molecule has 1 N–H and O–H groups in total. The number of hydrogen-bond acceptors (Lipinski definition) is 4. The standard InChI is InChI=1S/C20H23NO3/c1-22-19-10-6-5-9-17(19)11-12-18(20-14-23-15-24-20)21-13-16-7-3-2-4-8-16/h2-10,14,18,21H,11-13,15H2,1H3. The molecule has 0 amide bonds. The van der Waals surface area contributed by atoms with E-state index in [-0.39, 0.29) is 6.04 Å². The minimum absolute atomic E-state index is 0.109. The Labute approximate surface area is 143 Å². The monoisotopic (exact) mass is 325 g/mol. The Hall–Kier alpha value is -2.46. The lowest BCUT2D eigenvalue weighted by molar-refractivity contribution is 0.0728. The molecule has 0 spiro atoms. The number of nitrogens with one attached hydrogen (secondary N) is 1. The second kappa shape index (κ2) is 8.41. The maximum absolute atomic E-state index is 5.59. The van der Waals surface area contributed by atoms with Crippen LogP contribution in [0.2, 0.25) is 0 Å². The van der Waals surface area contributed by atoms with Gasteiger partial charge in [0.1, 0.15) is 12.0 Å². The van der Waals surface area contributed by atoms with E-state index in [9.17, 15) is 0 Å². The number of rotatable bonds is 8. The van der Waals surface area contributed by atoms with Gasteiger partial charge in [0.25, 0.3) is 0 Å². The summed E-state index contributed by atoms with van der Waals surface area (Å²) in [5, 5.41) is 3.57. The number of benzene rings is 2. The number of ether oxygens (including phenoxy) is 3. The first-order valence-corrected chi connectivity index (χ1v) is 8.20. The normalized spacial score (nSPS) is 14.5. The summed E-state index contributed by atoms with van der Waals surface area (Å²) >= 11 is 0. The van der Waals surface area contributed by atoms with Gasteiger partial charge >= 0.3 is 0 Å². The van der Waals surface area contributed by atoms with E-state index in [1.54, 1.807) is 13.4 Å². The van der Waals surface area contributed by atoms with Gasteiger partial charge in [-0.15, -0.1) is 0 Å². The third-order valence-corrected chi connectivity index (χ3v) is 4.13. The molecule has 0 radical (unpaired) electrons. The summed E-state index contributed by atoms with van der Waals surface area (Å²) in [6.45, 7) is 1.09. The molecule has 0 saturated carbocycles. The highest BCUT2D eigenvalue weighted by molar-refractivity contribution is 5.33. The van der Waals surface area contributed by atoms with Crippen molar-refractivity contribution in [2.24, 2.45) is 0 Å². The Morgan fingerprint density at radius 1 is 1.08 bits per heavy atom. The van der Waals surface area contributed by atoms with E-state index in [4.69, 9.17) is 14.2 Å². The van der Waals surface area contributed by atoms with Crippen molar-refractivity contribution in [3.63, 3.8) is 0 Å². The van der Waals surface area contributed by atoms with Gasteiger partial charge in [0, 0.05) is 6.54 Å². The second-order valence-corrected chi connectivity index (χ2v) is 5.72. The molecule has 3 rings (SSSR count). The van der Waals surface area contributed by atoms with E-state index < -0.39 is 0 Å². The van der Waals surface area contributed by atoms with Crippen molar-refractivity contribution in [1.29, 1.82) is 0 Å². The van der Waals surface area contributed by atoms with E-state index >= 15 is 0 Å². The van der Waals surface area contributed by atoms with Crippen LogP contribution in [0.5, 0.6) is 5.75 Å². The Bertz CT molecular complexity index is 670. The molecule has 4 heteroatoms. The summed E-state index contributed by atoms with van der Waals surface area (Å²) in [4.78, 5) is 0. The van der Waals surface area contributed by atoms with Gasteiger partial charge in [0.15, 0.2) is 5.76 Å². The quantitative estimate of drug-likeness (QED) is 0.804. The van der Waals surface area contributed by atoms with E-state index in [0.29, 0.717) is 6.79 Å². The summed E-state index contributed by atoms with van der Waals surface area (Å²) in [5.74, 6) is 1.79. The minimum atomic E-state index is 0.109. The molecule has 1 heterocycles. The largest absolute Gasteiger partial charge is 0.496 e. The molecule has 0 saturated heterocycles. The Balaban J connectivity index is 1.64. The predicted octanol–water partition coefficient (Wildman–Crippen LogP) is 3.63. The lowest BCUT2D eigenvalue weighted by Gasteiger charge is -2.19. The SMILES string of the molecule is COc1ccccc1CCC(NCc1ccccc1)C1=COCO1. The molecule has 2 aromatic rings. The van der Waals surface area contributed by atoms with Gasteiger partial charge < -0.3 is 19.5 Å². The van der Waals surface area contributed by atoms with Crippen molar-refractivity contribution in [2.75, 3.05) is 13.9 Å². The molecule has 4 nitrogen and oxygen atoms in total. The highest BCUT2D eigenvalue weighted by Crippen LogP contribution is 2.22. The fraction of sp³-hybridized carbons (Fsp3) is 0.300. The Kier molecular flexibility index (Phi) is 5.75. The maximum Gasteiger partial charge on any atom is 0.229 e. The predicted molar refractivity (Wildman–Crippen MR) is 93.5 cm³/mol. The fourth-order valence-corrected chi connectivity index (χ4v) is 2.83. The summed E-state index contributed by atoms with van der Waals surface area (Å²) in [6.07, 6.45) is 3.52. The van der Waals surface area contributed by atoms with Gasteiger partial charge in [-0.2, -0.15) is 0 Å². The molecule has 2 aromatic carbocycles. The first-order chi connectivity index (χ1) is 11.9. The summed E-state index contributed by atoms with van der Waals surface area (Å²) in [5.41, 5.74) is 2.45. The topological polar surface area (TPSA) is 39.7 Å². The molecule has 126 valence electrons. The lowest BCUT2D eigenvalue weighted by Crippen LogP contribution is -2.31. The van der Waals surface area contributed by atoms with Crippen molar-refractivity contribution in [1.82, 2.24) is 5.32 Å². The van der Waals surface area contributed by atoms with Crippen LogP contribution in [0.15, 0.2) is 66.6 Å². The van der Waals surface area contributed by atoms with Crippen molar-refractivity contribution >= 4 is 0 Å². The van der Waals surface area contributed by atoms with E-state index in [0.717, 1.165) is 30.9 Å². The zero-order valence-corrected chi connectivity index (χ0v) is 13.9. The van der Waals surface area contributed by atoms with Crippen LogP contribution in [0.3, 0.4) is 0 Å². The first-order valence-electron chi connectivity index (χ1n) is 8.20. The number of para-hydroxylation sites is 1. The Morgan fingerprint density at radius 2 is 1.88 bits per heavy atom. The molecule has 0 bridgehead atoms. The van der Waals surface area contributed by atoms with Crippen molar-refractivity contribution in [2.45, 2.75) is 25.4 Å². The zero-order valence-electron chi connectivity index (χ0n) is 13.9. The van der Waals surface area contributed by atoms with Crippen molar-refractivity contribution in [3.05, 3.63) is 77.7 Å². The number of hydrogen-bond donors (Lipinski definition) is 1. The molecular weight excluding hydrogens is 302 g/mol. The van der Waals surface area contributed by atoms with Crippen LogP contribution in [0.25, 0.3) is 0 Å². The summed E-state index contributed by atoms with van der Waals surface area (Å²) in [7, 11) is 1.71. The summed E-state index contributed by atoms with van der Waals surface area (Å²) < 4.78 is 16.3. The smallest absolute Gasteiger partial charge is 0.229 e. The van der Waals surface area contributed by atoms with Crippen molar-refractivity contribution < 1.29 is 14.2 Å². The lowest BCUT2D eigenvalue weighted by atomic mass is 10.0. The average Bonchev–Trinajstić information content (AvgIpc) is 3.17. The maximum atomic E-state index is 5.59. The average molecular weight is 325 g/mol. The molecule has 0 aliphatic carbocycles. The highest BCUT2D eigenvalue weighted by Gasteiger charge is 2.20. The van der Waals surface area contributed by atoms with Crippen LogP contribution in [-0.2, 0) is 22.4 Å². The van der Waals surface area contributed by atoms with E-state index in [1.165, 1.54) is 11.1 Å². The van der Waals surface area contributed by atoms with Crippen LogP contribution in [-0.4, -0.2) is 19.9 Å². The third-order valence-electron chi connectivity index (χ3n) is 4.13. The minimum Gasteiger partial charge on any atom is -0.496 e. The molecule has 1 unspecified atom stereocenters. The van der Waals surface area contributed by atoms with Gasteiger partial charge in [0.05, 0.1) is 13.2 Å². The van der Waals surface area contributed by atoms with Crippen LogP contribution < -0.4 is 10.1 Å². The molecule has 1 aliphatic rings. The molecular formula is C20H23NO3. The molecule has 1 aliphatic heterocycles. The van der Waals surface area contributed by atoms with Gasteiger partial charge in [-0.1, -0.05) is 48.5 Å².